The maximum Gasteiger partial charge on any atom is 0.417 e. The highest BCUT2D eigenvalue weighted by Gasteiger charge is 2.40. The van der Waals surface area contributed by atoms with Crippen molar-refractivity contribution in [3.63, 3.8) is 0 Å². The van der Waals surface area contributed by atoms with E-state index in [1.165, 1.54) is 30.0 Å². The van der Waals surface area contributed by atoms with E-state index in [0.717, 1.165) is 50.7 Å². The highest BCUT2D eigenvalue weighted by atomic mass is 32.2. The number of alkyl halides is 3. The van der Waals surface area contributed by atoms with Crippen LogP contribution >= 0.6 is 11.8 Å². The van der Waals surface area contributed by atoms with Crippen LogP contribution in [-0.4, -0.2) is 75.8 Å². The van der Waals surface area contributed by atoms with E-state index in [0.29, 0.717) is 22.7 Å². The zero-order chi connectivity index (χ0) is 31.3. The first-order valence-electron chi connectivity index (χ1n) is 15.0. The maximum absolute atomic E-state index is 14.9. The number of hydrogen-bond donors (Lipinski definition) is 0. The number of carbonyl (C=O) groups is 1. The Morgan fingerprint density at radius 3 is 2.36 bits per heavy atom. The lowest BCUT2D eigenvalue weighted by atomic mass is 9.96. The molecule has 2 fully saturated rings. The minimum absolute atomic E-state index is 0.0166. The quantitative estimate of drug-likeness (QED) is 0.269. The van der Waals surface area contributed by atoms with Crippen molar-refractivity contribution in [2.75, 3.05) is 43.4 Å². The van der Waals surface area contributed by atoms with Crippen molar-refractivity contribution in [1.29, 1.82) is 0 Å². The number of hydrogen-bond acceptors (Lipinski definition) is 6. The molecule has 4 heterocycles. The Kier molecular flexibility index (Phi) is 8.25. The van der Waals surface area contributed by atoms with E-state index in [-0.39, 0.29) is 59.3 Å². The third kappa shape index (κ3) is 5.62. The monoisotopic (exact) mass is 629 g/mol. The third-order valence-corrected chi connectivity index (χ3v) is 10.2. The van der Waals surface area contributed by atoms with Crippen molar-refractivity contribution >= 4 is 34.4 Å². The van der Waals surface area contributed by atoms with Gasteiger partial charge in [-0.3, -0.25) is 9.36 Å². The Morgan fingerprint density at radius 2 is 1.75 bits per heavy atom. The highest BCUT2D eigenvalue weighted by molar-refractivity contribution is 7.99. The normalized spacial score (nSPS) is 22.8. The Balaban J connectivity index is 1.57. The number of rotatable bonds is 5. The molecule has 7 nitrogen and oxygen atoms in total. The molecule has 6 rings (SSSR count). The van der Waals surface area contributed by atoms with E-state index in [9.17, 15) is 27.2 Å². The summed E-state index contributed by atoms with van der Waals surface area (Å²) in [4.78, 5) is 37.1. The molecule has 1 amide bonds. The molecule has 1 unspecified atom stereocenters. The molecule has 2 saturated heterocycles. The summed E-state index contributed by atoms with van der Waals surface area (Å²) in [6.45, 7) is 10.9. The molecule has 0 N–H and O–H groups in total. The maximum atomic E-state index is 14.9. The van der Waals surface area contributed by atoms with Crippen LogP contribution in [0.5, 0.6) is 0 Å². The summed E-state index contributed by atoms with van der Waals surface area (Å²) in [5.41, 5.74) is -0.766. The summed E-state index contributed by atoms with van der Waals surface area (Å²) in [5, 5.41) is 0.245. The molecule has 3 aliphatic heterocycles. The number of halogens is 4. The molecule has 0 spiro atoms. The summed E-state index contributed by atoms with van der Waals surface area (Å²) in [6.07, 6.45) is -1.27. The van der Waals surface area contributed by atoms with Gasteiger partial charge in [-0.2, -0.15) is 18.2 Å². The van der Waals surface area contributed by atoms with Gasteiger partial charge in [0.05, 0.1) is 11.1 Å². The van der Waals surface area contributed by atoms with Gasteiger partial charge in [0.1, 0.15) is 11.6 Å². The van der Waals surface area contributed by atoms with E-state index in [2.05, 4.69) is 16.5 Å². The Morgan fingerprint density at radius 1 is 1.09 bits per heavy atom. The highest BCUT2D eigenvalue weighted by Crippen LogP contribution is 2.48. The fourth-order valence-electron chi connectivity index (χ4n) is 7.06. The van der Waals surface area contributed by atoms with Crippen LogP contribution in [0.3, 0.4) is 0 Å². The molecular weight excluding hydrogens is 594 g/mol. The van der Waals surface area contributed by atoms with E-state index >= 15 is 0 Å². The summed E-state index contributed by atoms with van der Waals surface area (Å²) < 4.78 is 60.3. The number of nitrogens with zero attached hydrogens (tertiary/aromatic N) is 5. The largest absolute Gasteiger partial charge is 0.417 e. The van der Waals surface area contributed by atoms with Gasteiger partial charge in [0.15, 0.2) is 0 Å². The van der Waals surface area contributed by atoms with Crippen molar-refractivity contribution in [3.8, 4) is 11.1 Å². The van der Waals surface area contributed by atoms with Crippen LogP contribution in [0.4, 0.5) is 23.4 Å². The van der Waals surface area contributed by atoms with Gasteiger partial charge in [0.25, 0.3) is 0 Å². The summed E-state index contributed by atoms with van der Waals surface area (Å²) >= 11 is 1.33. The van der Waals surface area contributed by atoms with Gasteiger partial charge in [-0.25, -0.2) is 9.18 Å². The van der Waals surface area contributed by atoms with Crippen molar-refractivity contribution in [1.82, 2.24) is 19.4 Å². The van der Waals surface area contributed by atoms with Gasteiger partial charge in [-0.05, 0) is 75.5 Å². The second-order valence-corrected chi connectivity index (χ2v) is 13.1. The zero-order valence-electron chi connectivity index (χ0n) is 24.7. The molecule has 2 aromatic carbocycles. The lowest BCUT2D eigenvalue weighted by molar-refractivity contribution is -0.137. The number of likely N-dealkylation sites (tertiary alicyclic amines) is 1. The van der Waals surface area contributed by atoms with Crippen molar-refractivity contribution in [3.05, 3.63) is 64.9 Å². The lowest BCUT2D eigenvalue weighted by Crippen LogP contribution is -2.58. The lowest BCUT2D eigenvalue weighted by Gasteiger charge is -2.44. The molecule has 3 aliphatic rings. The van der Waals surface area contributed by atoms with Crippen molar-refractivity contribution in [2.24, 2.45) is 5.92 Å². The Bertz CT molecular complexity index is 1640. The summed E-state index contributed by atoms with van der Waals surface area (Å²) in [6, 6.07) is 5.55. The Hall–Kier alpha value is -3.38. The van der Waals surface area contributed by atoms with Gasteiger partial charge in [0, 0.05) is 59.9 Å². The fraction of sp³-hybridized carbons (Fsp3) is 0.469. The molecule has 1 aromatic heterocycles. The smallest absolute Gasteiger partial charge is 0.352 e. The predicted octanol–water partition coefficient (Wildman–Crippen LogP) is 5.65. The van der Waals surface area contributed by atoms with E-state index in [4.69, 9.17) is 0 Å². The predicted molar refractivity (Wildman–Crippen MR) is 164 cm³/mol. The van der Waals surface area contributed by atoms with Gasteiger partial charge in [-0.1, -0.05) is 18.7 Å². The molecular formula is C32H35F4N5O2S. The van der Waals surface area contributed by atoms with Crippen LogP contribution in [0.15, 0.2) is 52.7 Å². The topological polar surface area (TPSA) is 61.7 Å². The standard InChI is InChI=1S/C32H35F4N5O2S/c1-4-26(42)41-19(2)14-39(15-20(41)3)30-24-13-25(32(34,35)36)27(22-7-9-23(33)10-8-22)29-28(24)40(31(43)37-30)17-21(18-44-29)16-38-11-5-6-12-38/h4,7-10,13,19-21H,1,5-6,11-12,14-18H2,2-3H3/t19-,20+,21?. The van der Waals surface area contributed by atoms with E-state index in [1.54, 1.807) is 9.47 Å². The zero-order valence-corrected chi connectivity index (χ0v) is 25.6. The molecule has 0 aliphatic carbocycles. The van der Waals surface area contributed by atoms with Crippen LogP contribution in [-0.2, 0) is 17.5 Å². The van der Waals surface area contributed by atoms with Gasteiger partial charge < -0.3 is 14.7 Å². The van der Waals surface area contributed by atoms with Crippen molar-refractivity contribution < 1.29 is 22.4 Å². The average molecular weight is 630 g/mol. The van der Waals surface area contributed by atoms with Crippen LogP contribution in [0.1, 0.15) is 32.3 Å². The summed E-state index contributed by atoms with van der Waals surface area (Å²) in [5.74, 6) is -0.0547. The number of carbonyl (C=O) groups excluding carboxylic acids is 1. The van der Waals surface area contributed by atoms with Gasteiger partial charge in [-0.15, -0.1) is 11.8 Å². The average Bonchev–Trinajstić information content (AvgIpc) is 3.41. The number of amides is 1. The number of anilines is 1. The third-order valence-electron chi connectivity index (χ3n) is 8.90. The van der Waals surface area contributed by atoms with Crippen LogP contribution in [0.25, 0.3) is 22.0 Å². The van der Waals surface area contributed by atoms with Crippen LogP contribution in [0, 0.1) is 11.7 Å². The van der Waals surface area contributed by atoms with Crippen LogP contribution < -0.4 is 10.6 Å². The molecule has 44 heavy (non-hydrogen) atoms. The molecule has 3 atom stereocenters. The first-order valence-corrected chi connectivity index (χ1v) is 15.9. The minimum Gasteiger partial charge on any atom is -0.352 e. The first-order chi connectivity index (χ1) is 21.0. The number of thioether (sulfide) groups is 1. The summed E-state index contributed by atoms with van der Waals surface area (Å²) in [7, 11) is 0. The molecule has 12 heteroatoms. The number of piperazine rings is 1. The van der Waals surface area contributed by atoms with Gasteiger partial charge >= 0.3 is 11.9 Å². The molecule has 0 radical (unpaired) electrons. The van der Waals surface area contributed by atoms with E-state index in [1.807, 2.05) is 18.7 Å². The molecule has 3 aromatic rings. The molecule has 0 saturated carbocycles. The SMILES string of the molecule is C=CC(=O)N1[C@H](C)CN(c2nc(=O)n3c4c(c(-c5ccc(F)cc5)c(C(F)(F)F)cc24)SCC(CN2CCCC2)C3)C[C@@H]1C. The van der Waals surface area contributed by atoms with Crippen LogP contribution in [0.2, 0.25) is 0 Å². The Labute approximate surface area is 257 Å². The minimum atomic E-state index is -4.73. The van der Waals surface area contributed by atoms with Crippen molar-refractivity contribution in [2.45, 2.75) is 56.4 Å². The fourth-order valence-corrected chi connectivity index (χ4v) is 8.40. The molecule has 0 bridgehead atoms. The van der Waals surface area contributed by atoms with Gasteiger partial charge in [0.2, 0.25) is 5.91 Å². The van der Waals surface area contributed by atoms with E-state index < -0.39 is 23.2 Å². The molecule has 234 valence electrons. The first kappa shape index (κ1) is 30.6. The second kappa shape index (κ2) is 11.8. The number of aromatic nitrogens is 2. The second-order valence-electron chi connectivity index (χ2n) is 12.1. The number of benzene rings is 2.